The molecule has 1 spiro atoms. The van der Waals surface area contributed by atoms with E-state index in [1.807, 2.05) is 39.0 Å². The number of carbonyl (C=O) groups excluding carboxylic acids is 3. The summed E-state index contributed by atoms with van der Waals surface area (Å²) in [6.07, 6.45) is 1.43. The molecule has 3 aliphatic rings. The predicted octanol–water partition coefficient (Wildman–Crippen LogP) is 2.61. The second-order valence-electron chi connectivity index (χ2n) is 9.49. The first-order valence-corrected chi connectivity index (χ1v) is 13.4. The number of aliphatic hydroxyl groups is 1. The molecule has 9 heteroatoms. The van der Waals surface area contributed by atoms with Crippen LogP contribution in [0, 0.1) is 25.7 Å². The van der Waals surface area contributed by atoms with E-state index in [1.54, 1.807) is 23.6 Å². The summed E-state index contributed by atoms with van der Waals surface area (Å²) in [5.74, 6) is -1.67. The van der Waals surface area contributed by atoms with Crippen LogP contribution in [0.4, 0.5) is 5.69 Å². The van der Waals surface area contributed by atoms with E-state index in [2.05, 4.69) is 26.6 Å². The standard InChI is InChI=1S/C24H32BrN3O4S/c1-5-9-26-21(30)16-17-23(32)28(14(4)11-29)20(24(17)10-15(25)19(16)33-24)22(31)27-18-12(2)7-6-8-13(18)3/h6-8,14-17,19-20,29H,5,9-11H2,1-4H3,(H,26,30)(H,27,31)/t14-,15?,16-,17+,19-,20?,24?/m1/s1. The van der Waals surface area contributed by atoms with Gasteiger partial charge in [-0.05, 0) is 44.7 Å². The fraction of sp³-hybridized carbons (Fsp3) is 0.625. The van der Waals surface area contributed by atoms with Crippen molar-refractivity contribution in [3.8, 4) is 0 Å². The first kappa shape index (κ1) is 24.5. The van der Waals surface area contributed by atoms with Gasteiger partial charge in [0.05, 0.1) is 29.2 Å². The number of hydrogen-bond acceptors (Lipinski definition) is 5. The monoisotopic (exact) mass is 537 g/mol. The number of anilines is 1. The van der Waals surface area contributed by atoms with Crippen molar-refractivity contribution in [2.24, 2.45) is 11.8 Å². The average molecular weight is 539 g/mol. The molecule has 33 heavy (non-hydrogen) atoms. The zero-order valence-corrected chi connectivity index (χ0v) is 21.8. The van der Waals surface area contributed by atoms with Crippen molar-refractivity contribution in [2.45, 2.75) is 67.4 Å². The number of rotatable bonds is 7. The summed E-state index contributed by atoms with van der Waals surface area (Å²) in [7, 11) is 0. The maximum absolute atomic E-state index is 13.9. The second kappa shape index (κ2) is 9.23. The van der Waals surface area contributed by atoms with Crippen LogP contribution < -0.4 is 10.6 Å². The predicted molar refractivity (Wildman–Crippen MR) is 133 cm³/mol. The highest BCUT2D eigenvalue weighted by atomic mass is 79.9. The Labute approximate surface area is 207 Å². The molecule has 1 aromatic carbocycles. The van der Waals surface area contributed by atoms with Crippen molar-refractivity contribution in [1.82, 2.24) is 10.2 Å². The fourth-order valence-electron chi connectivity index (χ4n) is 5.80. The zero-order valence-electron chi connectivity index (χ0n) is 19.4. The summed E-state index contributed by atoms with van der Waals surface area (Å²) in [4.78, 5) is 42.4. The fourth-order valence-corrected chi connectivity index (χ4v) is 9.40. The number of aliphatic hydroxyl groups excluding tert-OH is 1. The topological polar surface area (TPSA) is 98.7 Å². The Hall–Kier alpha value is -1.58. The van der Waals surface area contributed by atoms with E-state index in [-0.39, 0.29) is 34.4 Å². The number of hydrogen-bond donors (Lipinski definition) is 3. The van der Waals surface area contributed by atoms with Crippen LogP contribution in [0.1, 0.15) is 37.8 Å². The zero-order chi connectivity index (χ0) is 24.1. The van der Waals surface area contributed by atoms with Gasteiger partial charge in [0.15, 0.2) is 0 Å². The number of benzene rings is 1. The summed E-state index contributed by atoms with van der Waals surface area (Å²) >= 11 is 5.36. The minimum absolute atomic E-state index is 0.0313. The summed E-state index contributed by atoms with van der Waals surface area (Å²) in [5, 5.41) is 15.9. The van der Waals surface area contributed by atoms with Gasteiger partial charge in [-0.3, -0.25) is 14.4 Å². The van der Waals surface area contributed by atoms with Gasteiger partial charge in [-0.2, -0.15) is 0 Å². The van der Waals surface area contributed by atoms with Crippen LogP contribution in [0.25, 0.3) is 0 Å². The lowest BCUT2D eigenvalue weighted by Gasteiger charge is -2.36. The first-order chi connectivity index (χ1) is 15.7. The van der Waals surface area contributed by atoms with Gasteiger partial charge in [-0.1, -0.05) is 41.1 Å². The van der Waals surface area contributed by atoms with Gasteiger partial charge in [-0.15, -0.1) is 11.8 Å². The molecule has 3 unspecified atom stereocenters. The number of para-hydroxylation sites is 1. The van der Waals surface area contributed by atoms with Crippen molar-refractivity contribution in [3.05, 3.63) is 29.3 Å². The minimum Gasteiger partial charge on any atom is -0.394 e. The number of amides is 3. The summed E-state index contributed by atoms with van der Waals surface area (Å²) in [5.41, 5.74) is 2.64. The van der Waals surface area contributed by atoms with Crippen LogP contribution in [-0.4, -0.2) is 67.8 Å². The molecule has 180 valence electrons. The molecule has 0 aromatic heterocycles. The number of likely N-dealkylation sites (tertiary alicyclic amines) is 1. The van der Waals surface area contributed by atoms with Crippen LogP contribution in [0.2, 0.25) is 0 Å². The highest BCUT2D eigenvalue weighted by Gasteiger charge is 2.76. The molecule has 0 radical (unpaired) electrons. The van der Waals surface area contributed by atoms with E-state index >= 15 is 0 Å². The number of alkyl halides is 1. The molecular weight excluding hydrogens is 506 g/mol. The lowest BCUT2D eigenvalue weighted by atomic mass is 9.70. The van der Waals surface area contributed by atoms with Crippen LogP contribution in [0.15, 0.2) is 18.2 Å². The molecule has 0 saturated carbocycles. The van der Waals surface area contributed by atoms with Crippen LogP contribution in [-0.2, 0) is 14.4 Å². The van der Waals surface area contributed by atoms with E-state index in [0.717, 1.165) is 23.2 Å². The third-order valence-corrected chi connectivity index (χ3v) is 10.5. The molecule has 1 aromatic rings. The molecule has 3 heterocycles. The van der Waals surface area contributed by atoms with E-state index < -0.39 is 28.7 Å². The maximum Gasteiger partial charge on any atom is 0.248 e. The normalized spacial score (nSPS) is 33.2. The van der Waals surface area contributed by atoms with Gasteiger partial charge >= 0.3 is 0 Å². The highest BCUT2D eigenvalue weighted by Crippen LogP contribution is 2.68. The molecule has 7 atom stereocenters. The number of thioether (sulfide) groups is 1. The Kier molecular flexibility index (Phi) is 6.86. The number of fused-ring (bicyclic) bond motifs is 1. The quantitative estimate of drug-likeness (QED) is 0.464. The lowest BCUT2D eigenvalue weighted by Crippen LogP contribution is -2.55. The first-order valence-electron chi connectivity index (χ1n) is 11.6. The maximum atomic E-state index is 13.9. The number of nitrogens with zero attached hydrogens (tertiary/aromatic N) is 1. The van der Waals surface area contributed by atoms with Crippen LogP contribution in [0.5, 0.6) is 0 Å². The number of carbonyl (C=O) groups is 3. The van der Waals surface area contributed by atoms with Gasteiger partial charge in [0.1, 0.15) is 6.04 Å². The molecule has 3 N–H and O–H groups in total. The van der Waals surface area contributed by atoms with Gasteiger partial charge in [0.2, 0.25) is 17.7 Å². The third-order valence-electron chi connectivity index (χ3n) is 7.30. The Morgan fingerprint density at radius 3 is 2.58 bits per heavy atom. The Bertz CT molecular complexity index is 955. The Morgan fingerprint density at radius 1 is 1.30 bits per heavy atom. The van der Waals surface area contributed by atoms with Gasteiger partial charge in [0.25, 0.3) is 0 Å². The van der Waals surface area contributed by atoms with E-state index in [0.29, 0.717) is 13.0 Å². The minimum atomic E-state index is -0.768. The average Bonchev–Trinajstić information content (AvgIpc) is 3.37. The van der Waals surface area contributed by atoms with Crippen molar-refractivity contribution < 1.29 is 19.5 Å². The number of aryl methyl sites for hydroxylation is 2. The molecule has 0 aliphatic carbocycles. The van der Waals surface area contributed by atoms with E-state index in [4.69, 9.17) is 0 Å². The van der Waals surface area contributed by atoms with E-state index in [9.17, 15) is 19.5 Å². The number of nitrogens with one attached hydrogen (secondary N) is 2. The summed E-state index contributed by atoms with van der Waals surface area (Å²) in [6, 6.07) is 4.53. The molecule has 4 rings (SSSR count). The largest absolute Gasteiger partial charge is 0.394 e. The molecular formula is C24H32BrN3O4S. The molecule has 3 fully saturated rings. The van der Waals surface area contributed by atoms with Crippen molar-refractivity contribution in [2.75, 3.05) is 18.5 Å². The summed E-state index contributed by atoms with van der Waals surface area (Å²) in [6.45, 7) is 7.93. The van der Waals surface area contributed by atoms with Gasteiger partial charge in [0, 0.05) is 22.3 Å². The molecule has 3 saturated heterocycles. The van der Waals surface area contributed by atoms with Crippen molar-refractivity contribution in [1.29, 1.82) is 0 Å². The third kappa shape index (κ3) is 3.80. The van der Waals surface area contributed by atoms with Crippen molar-refractivity contribution >= 4 is 51.1 Å². The Balaban J connectivity index is 1.75. The van der Waals surface area contributed by atoms with Gasteiger partial charge in [-0.25, -0.2) is 0 Å². The Morgan fingerprint density at radius 2 is 1.97 bits per heavy atom. The van der Waals surface area contributed by atoms with E-state index in [1.165, 1.54) is 0 Å². The molecule has 7 nitrogen and oxygen atoms in total. The molecule has 2 bridgehead atoms. The highest BCUT2D eigenvalue weighted by molar-refractivity contribution is 9.09. The molecule has 3 amide bonds. The smallest absolute Gasteiger partial charge is 0.248 e. The lowest BCUT2D eigenvalue weighted by molar-refractivity contribution is -0.141. The number of halogens is 1. The second-order valence-corrected chi connectivity index (χ2v) is 12.2. The molecule has 3 aliphatic heterocycles. The SMILES string of the molecule is CCCNC(=O)[C@H]1[C@@H]2SC3(CC2Br)C(C(=O)Nc2c(C)cccc2C)N([C@H](C)CO)C(=O)[C@H]13. The van der Waals surface area contributed by atoms with Gasteiger partial charge < -0.3 is 20.6 Å². The summed E-state index contributed by atoms with van der Waals surface area (Å²) < 4.78 is -0.714. The van der Waals surface area contributed by atoms with Crippen molar-refractivity contribution in [3.63, 3.8) is 0 Å². The van der Waals surface area contributed by atoms with Crippen LogP contribution >= 0.6 is 27.7 Å². The van der Waals surface area contributed by atoms with Crippen LogP contribution in [0.3, 0.4) is 0 Å².